The van der Waals surface area contributed by atoms with Crippen LogP contribution < -0.4 is 11.5 Å². The molecule has 0 saturated heterocycles. The Morgan fingerprint density at radius 1 is 1.45 bits per heavy atom. The zero-order chi connectivity index (χ0) is 8.27. The molecule has 60 valence electrons. The highest BCUT2D eigenvalue weighted by Gasteiger charge is 1.96. The van der Waals surface area contributed by atoms with Crippen LogP contribution in [0.3, 0.4) is 0 Å². The van der Waals surface area contributed by atoms with Gasteiger partial charge in [0.2, 0.25) is 0 Å². The van der Waals surface area contributed by atoms with E-state index in [1.807, 2.05) is 24.5 Å². The van der Waals surface area contributed by atoms with Gasteiger partial charge in [-0.3, -0.25) is 0 Å². The average Bonchev–Trinajstić information content (AvgIpc) is 2.04. The Kier molecular flexibility index (Phi) is 2.79. The number of rotatable bonds is 2. The number of nitrogens with two attached hydrogens (primary N) is 2. The van der Waals surface area contributed by atoms with Crippen LogP contribution in [0.15, 0.2) is 23.1 Å². The van der Waals surface area contributed by atoms with Gasteiger partial charge in [0.05, 0.1) is 0 Å². The summed E-state index contributed by atoms with van der Waals surface area (Å²) in [5.74, 6) is 0. The van der Waals surface area contributed by atoms with Crippen molar-refractivity contribution in [2.45, 2.75) is 11.4 Å². The minimum absolute atomic E-state index is 0.514. The first-order chi connectivity index (χ1) is 5.27. The molecule has 1 aromatic carbocycles. The maximum absolute atomic E-state index is 5.71. The largest absolute Gasteiger partial charge is 0.398 e. The summed E-state index contributed by atoms with van der Waals surface area (Å²) in [6, 6.07) is 5.96. The van der Waals surface area contributed by atoms with Gasteiger partial charge >= 0.3 is 0 Å². The van der Waals surface area contributed by atoms with Crippen molar-refractivity contribution in [1.29, 1.82) is 0 Å². The highest BCUT2D eigenvalue weighted by atomic mass is 32.2. The molecule has 0 aliphatic rings. The average molecular weight is 168 g/mol. The third-order valence-electron chi connectivity index (χ3n) is 1.57. The number of hydrogen-bond acceptors (Lipinski definition) is 3. The third kappa shape index (κ3) is 1.88. The summed E-state index contributed by atoms with van der Waals surface area (Å²) >= 11 is 1.68. The van der Waals surface area contributed by atoms with Crippen LogP contribution in [-0.2, 0) is 6.54 Å². The lowest BCUT2D eigenvalue weighted by Gasteiger charge is -2.03. The van der Waals surface area contributed by atoms with Crippen molar-refractivity contribution in [3.8, 4) is 0 Å². The van der Waals surface area contributed by atoms with Gasteiger partial charge in [0.1, 0.15) is 0 Å². The Morgan fingerprint density at radius 3 is 2.64 bits per heavy atom. The number of benzene rings is 1. The molecule has 0 aliphatic carbocycles. The lowest BCUT2D eigenvalue weighted by Crippen LogP contribution is -2.00. The van der Waals surface area contributed by atoms with Gasteiger partial charge in [-0.15, -0.1) is 11.8 Å². The first-order valence-electron chi connectivity index (χ1n) is 3.40. The third-order valence-corrected chi connectivity index (χ3v) is 2.30. The van der Waals surface area contributed by atoms with Crippen molar-refractivity contribution in [3.63, 3.8) is 0 Å². The molecule has 0 atom stereocenters. The van der Waals surface area contributed by atoms with Crippen LogP contribution in [0.1, 0.15) is 5.56 Å². The number of hydrogen-bond donors (Lipinski definition) is 2. The maximum atomic E-state index is 5.71. The van der Waals surface area contributed by atoms with Gasteiger partial charge in [0, 0.05) is 17.1 Å². The van der Waals surface area contributed by atoms with Crippen molar-refractivity contribution in [3.05, 3.63) is 23.8 Å². The fraction of sp³-hybridized carbons (Fsp3) is 0.250. The predicted molar refractivity (Wildman–Crippen MR) is 50.5 cm³/mol. The van der Waals surface area contributed by atoms with E-state index in [9.17, 15) is 0 Å². The van der Waals surface area contributed by atoms with Gasteiger partial charge in [0.25, 0.3) is 0 Å². The number of nitrogen functional groups attached to an aromatic ring is 1. The molecule has 1 rings (SSSR count). The highest BCUT2D eigenvalue weighted by molar-refractivity contribution is 7.98. The molecule has 0 aromatic heterocycles. The Bertz CT molecular complexity index is 248. The van der Waals surface area contributed by atoms with Crippen molar-refractivity contribution in [2.75, 3.05) is 12.0 Å². The van der Waals surface area contributed by atoms with E-state index in [1.54, 1.807) is 11.8 Å². The normalized spacial score (nSPS) is 10.0. The summed E-state index contributed by atoms with van der Waals surface area (Å²) in [6.07, 6.45) is 2.02. The first-order valence-corrected chi connectivity index (χ1v) is 4.63. The molecule has 4 N–H and O–H groups in total. The highest BCUT2D eigenvalue weighted by Crippen LogP contribution is 2.20. The fourth-order valence-electron chi connectivity index (χ4n) is 0.886. The maximum Gasteiger partial charge on any atom is 0.0370 e. The molecule has 0 saturated carbocycles. The molecule has 1 aromatic rings. The molecule has 0 heterocycles. The summed E-state index contributed by atoms with van der Waals surface area (Å²) < 4.78 is 0. The van der Waals surface area contributed by atoms with Crippen LogP contribution in [0.4, 0.5) is 5.69 Å². The Morgan fingerprint density at radius 2 is 2.18 bits per heavy atom. The summed E-state index contributed by atoms with van der Waals surface area (Å²) in [6.45, 7) is 0.514. The molecule has 3 heteroatoms. The Balaban J connectivity index is 2.99. The van der Waals surface area contributed by atoms with Crippen LogP contribution in [-0.4, -0.2) is 6.26 Å². The van der Waals surface area contributed by atoms with Gasteiger partial charge in [-0.2, -0.15) is 0 Å². The van der Waals surface area contributed by atoms with Crippen molar-refractivity contribution in [1.82, 2.24) is 0 Å². The van der Waals surface area contributed by atoms with E-state index in [0.29, 0.717) is 6.54 Å². The molecule has 0 amide bonds. The van der Waals surface area contributed by atoms with Gasteiger partial charge < -0.3 is 11.5 Å². The predicted octanol–water partition coefficient (Wildman–Crippen LogP) is 1.45. The standard InChI is InChI=1S/C8H12N2S/c1-11-7-3-2-6(5-9)8(10)4-7/h2-4H,5,9-10H2,1H3. The molecular formula is C8H12N2S. The second-order valence-electron chi connectivity index (χ2n) is 2.27. The molecule has 11 heavy (non-hydrogen) atoms. The zero-order valence-electron chi connectivity index (χ0n) is 6.50. The van der Waals surface area contributed by atoms with E-state index < -0.39 is 0 Å². The lowest BCUT2D eigenvalue weighted by molar-refractivity contribution is 1.07. The molecule has 2 nitrogen and oxygen atoms in total. The van der Waals surface area contributed by atoms with Gasteiger partial charge in [-0.1, -0.05) is 6.07 Å². The minimum Gasteiger partial charge on any atom is -0.398 e. The monoisotopic (exact) mass is 168 g/mol. The number of thioether (sulfide) groups is 1. The molecule has 0 radical (unpaired) electrons. The molecule has 0 fully saturated rings. The molecule has 0 bridgehead atoms. The van der Waals surface area contributed by atoms with E-state index in [4.69, 9.17) is 11.5 Å². The van der Waals surface area contributed by atoms with Crippen LogP contribution >= 0.6 is 11.8 Å². The summed E-state index contributed by atoms with van der Waals surface area (Å²) in [4.78, 5) is 1.18. The van der Waals surface area contributed by atoms with Crippen molar-refractivity contribution >= 4 is 17.4 Å². The molecular weight excluding hydrogens is 156 g/mol. The van der Waals surface area contributed by atoms with Crippen molar-refractivity contribution in [2.24, 2.45) is 5.73 Å². The van der Waals surface area contributed by atoms with E-state index in [2.05, 4.69) is 0 Å². The smallest absolute Gasteiger partial charge is 0.0370 e. The van der Waals surface area contributed by atoms with E-state index >= 15 is 0 Å². The van der Waals surface area contributed by atoms with E-state index in [1.165, 1.54) is 4.90 Å². The van der Waals surface area contributed by atoms with Gasteiger partial charge in [0.15, 0.2) is 0 Å². The van der Waals surface area contributed by atoms with Crippen LogP contribution in [0, 0.1) is 0 Å². The van der Waals surface area contributed by atoms with E-state index in [0.717, 1.165) is 11.3 Å². The van der Waals surface area contributed by atoms with Crippen LogP contribution in [0.25, 0.3) is 0 Å². The molecule has 0 unspecified atom stereocenters. The Labute approximate surface area is 71.0 Å². The lowest BCUT2D eigenvalue weighted by atomic mass is 10.2. The first kappa shape index (κ1) is 8.43. The summed E-state index contributed by atoms with van der Waals surface area (Å²) in [7, 11) is 0. The summed E-state index contributed by atoms with van der Waals surface area (Å²) in [5, 5.41) is 0. The topological polar surface area (TPSA) is 52.0 Å². The van der Waals surface area contributed by atoms with Gasteiger partial charge in [-0.05, 0) is 24.0 Å². The van der Waals surface area contributed by atoms with Crippen LogP contribution in [0.2, 0.25) is 0 Å². The summed E-state index contributed by atoms with van der Waals surface area (Å²) in [5.41, 5.74) is 13.0. The number of anilines is 1. The van der Waals surface area contributed by atoms with Gasteiger partial charge in [-0.25, -0.2) is 0 Å². The van der Waals surface area contributed by atoms with E-state index in [-0.39, 0.29) is 0 Å². The van der Waals surface area contributed by atoms with Crippen LogP contribution in [0.5, 0.6) is 0 Å². The minimum atomic E-state index is 0.514. The second kappa shape index (κ2) is 3.64. The molecule has 0 aliphatic heterocycles. The zero-order valence-corrected chi connectivity index (χ0v) is 7.32. The Hall–Kier alpha value is -0.670. The quantitative estimate of drug-likeness (QED) is 0.519. The SMILES string of the molecule is CSc1ccc(CN)c(N)c1. The molecule has 0 spiro atoms. The second-order valence-corrected chi connectivity index (χ2v) is 3.15. The van der Waals surface area contributed by atoms with Crippen molar-refractivity contribution < 1.29 is 0 Å². The fourth-order valence-corrected chi connectivity index (χ4v) is 1.33.